The molecule has 1 rings (SSSR count). The van der Waals surface area contributed by atoms with Gasteiger partial charge in [0.2, 0.25) is 6.79 Å². The van der Waals surface area contributed by atoms with Crippen molar-refractivity contribution in [2.75, 3.05) is 13.9 Å². The van der Waals surface area contributed by atoms with E-state index in [1.165, 1.54) is 7.11 Å². The maximum atomic E-state index is 11.9. The van der Waals surface area contributed by atoms with Gasteiger partial charge in [0.1, 0.15) is 30.5 Å². The monoisotopic (exact) mass is 408 g/mol. The summed E-state index contributed by atoms with van der Waals surface area (Å²) in [5.74, 6) is -2.30. The van der Waals surface area contributed by atoms with Crippen LogP contribution in [0.2, 0.25) is 0 Å². The molecule has 0 spiro atoms. The van der Waals surface area contributed by atoms with Gasteiger partial charge in [-0.05, 0) is 20.8 Å². The third-order valence-corrected chi connectivity index (χ3v) is 4.14. The fourth-order valence-electron chi connectivity index (χ4n) is 2.44. The zero-order valence-corrected chi connectivity index (χ0v) is 16.2. The first-order chi connectivity index (χ1) is 12.9. The predicted molar refractivity (Wildman–Crippen MR) is 90.4 cm³/mol. The Labute approximate surface area is 162 Å². The topological polar surface area (TPSA) is 169 Å². The van der Waals surface area contributed by atoms with E-state index in [0.717, 1.165) is 0 Å². The van der Waals surface area contributed by atoms with E-state index >= 15 is 0 Å². The van der Waals surface area contributed by atoms with Crippen molar-refractivity contribution in [3.8, 4) is 0 Å². The third kappa shape index (κ3) is 6.38. The molecule has 28 heavy (non-hydrogen) atoms. The van der Waals surface area contributed by atoms with Crippen molar-refractivity contribution in [3.63, 3.8) is 0 Å². The number of aliphatic hydroxyl groups excluding tert-OH is 4. The summed E-state index contributed by atoms with van der Waals surface area (Å²) in [6.45, 7) is 4.31. The van der Waals surface area contributed by atoms with Crippen LogP contribution in [0.1, 0.15) is 33.6 Å². The average molecular weight is 408 g/mol. The lowest BCUT2D eigenvalue weighted by Crippen LogP contribution is -2.65. The van der Waals surface area contributed by atoms with Gasteiger partial charge in [-0.15, -0.1) is 0 Å². The van der Waals surface area contributed by atoms with E-state index < -0.39 is 73.2 Å². The third-order valence-electron chi connectivity index (χ3n) is 4.14. The van der Waals surface area contributed by atoms with E-state index in [1.807, 2.05) is 0 Å². The van der Waals surface area contributed by atoms with Crippen molar-refractivity contribution in [2.24, 2.45) is 5.41 Å². The fraction of sp³-hybridized carbons (Fsp3) is 0.824. The van der Waals surface area contributed by atoms with Gasteiger partial charge >= 0.3 is 17.9 Å². The molecule has 1 saturated carbocycles. The highest BCUT2D eigenvalue weighted by Crippen LogP contribution is 2.26. The second-order valence-corrected chi connectivity index (χ2v) is 7.43. The second kappa shape index (κ2) is 10.1. The minimum atomic E-state index is -1.75. The lowest BCUT2D eigenvalue weighted by Gasteiger charge is -2.42. The van der Waals surface area contributed by atoms with Crippen LogP contribution in [0.5, 0.6) is 0 Å². The number of carbonyl (C=O) groups is 3. The standard InChI is InChI=1S/C17H28O11/c1-17(2,3)16(24)27-7-26-8(18)5-6-9(19)28-15-13(23)11(21)10(20)12(22)14(15)25-4/h10-15,20-23H,5-7H2,1-4H3. The molecular formula is C17H28O11. The van der Waals surface area contributed by atoms with Crippen LogP contribution in [-0.4, -0.2) is 88.9 Å². The van der Waals surface area contributed by atoms with Crippen LogP contribution in [0.25, 0.3) is 0 Å². The van der Waals surface area contributed by atoms with Crippen molar-refractivity contribution < 1.29 is 53.8 Å². The number of esters is 3. The summed E-state index contributed by atoms with van der Waals surface area (Å²) < 4.78 is 19.4. The first-order valence-corrected chi connectivity index (χ1v) is 8.67. The number of methoxy groups -OCH3 is 1. The molecule has 162 valence electrons. The number of carbonyl (C=O) groups excluding carboxylic acids is 3. The van der Waals surface area contributed by atoms with E-state index in [4.69, 9.17) is 14.2 Å². The van der Waals surface area contributed by atoms with Gasteiger partial charge in [0.25, 0.3) is 0 Å². The van der Waals surface area contributed by atoms with Gasteiger partial charge in [0, 0.05) is 7.11 Å². The van der Waals surface area contributed by atoms with E-state index in [0.29, 0.717) is 0 Å². The van der Waals surface area contributed by atoms with Crippen molar-refractivity contribution in [1.29, 1.82) is 0 Å². The van der Waals surface area contributed by atoms with Gasteiger partial charge in [-0.1, -0.05) is 0 Å². The van der Waals surface area contributed by atoms with Crippen molar-refractivity contribution in [2.45, 2.75) is 70.2 Å². The SMILES string of the molecule is COC1C(O)C(O)C(O)C(O)C1OC(=O)CCC(=O)OCOC(=O)C(C)(C)C. The molecule has 1 fully saturated rings. The van der Waals surface area contributed by atoms with Gasteiger partial charge in [-0.3, -0.25) is 14.4 Å². The quantitative estimate of drug-likeness (QED) is 0.278. The first-order valence-electron chi connectivity index (χ1n) is 8.67. The Bertz CT molecular complexity index is 556. The summed E-state index contributed by atoms with van der Waals surface area (Å²) in [5, 5.41) is 39.2. The molecule has 0 aromatic heterocycles. The number of hydrogen-bond donors (Lipinski definition) is 4. The minimum absolute atomic E-state index is 0.389. The van der Waals surface area contributed by atoms with E-state index in [1.54, 1.807) is 20.8 Å². The van der Waals surface area contributed by atoms with Gasteiger partial charge in [-0.25, -0.2) is 0 Å². The Morgan fingerprint density at radius 1 is 0.786 bits per heavy atom. The van der Waals surface area contributed by atoms with Crippen LogP contribution < -0.4 is 0 Å². The number of rotatable bonds is 7. The molecule has 0 radical (unpaired) electrons. The van der Waals surface area contributed by atoms with Crippen LogP contribution in [0.4, 0.5) is 0 Å². The summed E-state index contributed by atoms with van der Waals surface area (Å²) >= 11 is 0. The Balaban J connectivity index is 2.46. The summed E-state index contributed by atoms with van der Waals surface area (Å²) in [7, 11) is 1.17. The predicted octanol–water partition coefficient (Wildman–Crippen LogP) is -1.76. The highest BCUT2D eigenvalue weighted by atomic mass is 16.7. The smallest absolute Gasteiger partial charge is 0.314 e. The highest BCUT2D eigenvalue weighted by Gasteiger charge is 2.51. The zero-order valence-electron chi connectivity index (χ0n) is 16.2. The maximum Gasteiger partial charge on any atom is 0.314 e. The van der Waals surface area contributed by atoms with Gasteiger partial charge in [-0.2, -0.15) is 0 Å². The molecule has 6 unspecified atom stereocenters. The zero-order chi connectivity index (χ0) is 21.6. The van der Waals surface area contributed by atoms with Crippen LogP contribution in [0.15, 0.2) is 0 Å². The van der Waals surface area contributed by atoms with E-state index in [2.05, 4.69) is 4.74 Å². The molecule has 0 bridgehead atoms. The van der Waals surface area contributed by atoms with Crippen molar-refractivity contribution in [1.82, 2.24) is 0 Å². The molecule has 1 aliphatic carbocycles. The molecule has 0 amide bonds. The highest BCUT2D eigenvalue weighted by molar-refractivity contribution is 5.78. The second-order valence-electron chi connectivity index (χ2n) is 7.43. The summed E-state index contributed by atoms with van der Waals surface area (Å²) in [6, 6.07) is 0. The Kier molecular flexibility index (Phi) is 8.76. The molecule has 6 atom stereocenters. The molecule has 0 aliphatic heterocycles. The molecular weight excluding hydrogens is 380 g/mol. The van der Waals surface area contributed by atoms with Gasteiger partial charge in [0.05, 0.1) is 18.3 Å². The van der Waals surface area contributed by atoms with Crippen LogP contribution in [-0.2, 0) is 33.3 Å². The van der Waals surface area contributed by atoms with E-state index in [9.17, 15) is 34.8 Å². The Hall–Kier alpha value is -1.79. The largest absolute Gasteiger partial charge is 0.457 e. The first kappa shape index (κ1) is 24.2. The van der Waals surface area contributed by atoms with Crippen molar-refractivity contribution >= 4 is 17.9 Å². The molecule has 11 heteroatoms. The number of hydrogen-bond acceptors (Lipinski definition) is 11. The van der Waals surface area contributed by atoms with Crippen LogP contribution in [0.3, 0.4) is 0 Å². The summed E-state index contributed by atoms with van der Waals surface area (Å²) in [6.07, 6.45) is -10.3. The molecule has 11 nitrogen and oxygen atoms in total. The lowest BCUT2D eigenvalue weighted by atomic mass is 9.84. The molecule has 0 heterocycles. The molecule has 0 aromatic carbocycles. The number of aliphatic hydroxyl groups is 4. The van der Waals surface area contributed by atoms with Crippen LogP contribution >= 0.6 is 0 Å². The van der Waals surface area contributed by atoms with Crippen molar-refractivity contribution in [3.05, 3.63) is 0 Å². The molecule has 4 N–H and O–H groups in total. The summed E-state index contributed by atoms with van der Waals surface area (Å²) in [4.78, 5) is 35.0. The van der Waals surface area contributed by atoms with Crippen LogP contribution in [0, 0.1) is 5.41 Å². The Morgan fingerprint density at radius 3 is 1.79 bits per heavy atom. The lowest BCUT2D eigenvalue weighted by molar-refractivity contribution is -0.239. The molecule has 0 aromatic rings. The van der Waals surface area contributed by atoms with Gasteiger partial charge in [0.15, 0.2) is 6.10 Å². The fourth-order valence-corrected chi connectivity index (χ4v) is 2.44. The number of ether oxygens (including phenoxy) is 4. The Morgan fingerprint density at radius 2 is 1.29 bits per heavy atom. The maximum absolute atomic E-state index is 11.9. The van der Waals surface area contributed by atoms with Gasteiger partial charge < -0.3 is 39.4 Å². The average Bonchev–Trinajstić information content (AvgIpc) is 2.62. The normalized spacial score (nSPS) is 30.4. The minimum Gasteiger partial charge on any atom is -0.457 e. The molecule has 0 saturated heterocycles. The van der Waals surface area contributed by atoms with E-state index in [-0.39, 0.29) is 6.42 Å². The summed E-state index contributed by atoms with van der Waals surface area (Å²) in [5.41, 5.74) is -0.752. The molecule has 1 aliphatic rings.